The van der Waals surface area contributed by atoms with E-state index in [9.17, 15) is 4.79 Å². The van der Waals surface area contributed by atoms with Gasteiger partial charge in [0.2, 0.25) is 0 Å². The maximum absolute atomic E-state index is 10.7. The number of carbonyl (C=O) groups excluding carboxylic acids is 1. The molecule has 2 aromatic rings. The van der Waals surface area contributed by atoms with Gasteiger partial charge in [0.05, 0.1) is 6.61 Å². The maximum Gasteiger partial charge on any atom is 0.150 e. The molecule has 2 heteroatoms. The number of aliphatic hydroxyl groups is 1. The number of aliphatic hydroxyl groups excluding tert-OH is 1. The van der Waals surface area contributed by atoms with Crippen molar-refractivity contribution in [2.75, 3.05) is 0 Å². The minimum atomic E-state index is -0.0983. The van der Waals surface area contributed by atoms with Gasteiger partial charge >= 0.3 is 0 Å². The van der Waals surface area contributed by atoms with E-state index in [4.69, 9.17) is 5.11 Å². The first-order valence-electron chi connectivity index (χ1n) is 4.43. The first-order valence-corrected chi connectivity index (χ1v) is 4.43. The van der Waals surface area contributed by atoms with Gasteiger partial charge < -0.3 is 5.11 Å². The zero-order valence-corrected chi connectivity index (χ0v) is 7.60. The molecular weight excluding hydrogens is 176 g/mol. The van der Waals surface area contributed by atoms with Gasteiger partial charge in [-0.25, -0.2) is 0 Å². The SMILES string of the molecule is O=Cc1cc2ccccc2cc1CO. The number of hydrogen-bond donors (Lipinski definition) is 1. The second-order valence-corrected chi connectivity index (χ2v) is 3.17. The Labute approximate surface area is 81.8 Å². The lowest BCUT2D eigenvalue weighted by molar-refractivity contribution is 0.112. The number of hydrogen-bond acceptors (Lipinski definition) is 2. The van der Waals surface area contributed by atoms with Gasteiger partial charge in [-0.2, -0.15) is 0 Å². The third kappa shape index (κ3) is 1.40. The molecule has 0 fully saturated rings. The summed E-state index contributed by atoms with van der Waals surface area (Å²) < 4.78 is 0. The van der Waals surface area contributed by atoms with E-state index in [0.717, 1.165) is 17.1 Å². The Morgan fingerprint density at radius 1 is 1.14 bits per heavy atom. The Kier molecular flexibility index (Phi) is 2.29. The van der Waals surface area contributed by atoms with E-state index in [1.807, 2.05) is 30.3 Å². The molecule has 0 aliphatic heterocycles. The minimum absolute atomic E-state index is 0.0983. The van der Waals surface area contributed by atoms with Crippen molar-refractivity contribution in [3.8, 4) is 0 Å². The summed E-state index contributed by atoms with van der Waals surface area (Å²) in [5.74, 6) is 0. The highest BCUT2D eigenvalue weighted by Gasteiger charge is 2.02. The van der Waals surface area contributed by atoms with Crippen molar-refractivity contribution in [2.45, 2.75) is 6.61 Å². The molecule has 0 spiro atoms. The van der Waals surface area contributed by atoms with Crippen molar-refractivity contribution in [1.29, 1.82) is 0 Å². The molecule has 0 aliphatic carbocycles. The molecule has 0 saturated heterocycles. The maximum atomic E-state index is 10.7. The van der Waals surface area contributed by atoms with E-state index in [-0.39, 0.29) is 6.61 Å². The fraction of sp³-hybridized carbons (Fsp3) is 0.0833. The predicted molar refractivity (Wildman–Crippen MR) is 55.3 cm³/mol. The normalized spacial score (nSPS) is 10.4. The molecule has 0 aromatic heterocycles. The van der Waals surface area contributed by atoms with Crippen LogP contribution in [0.3, 0.4) is 0 Å². The van der Waals surface area contributed by atoms with Crippen LogP contribution in [0.2, 0.25) is 0 Å². The lowest BCUT2D eigenvalue weighted by Crippen LogP contribution is -1.92. The van der Waals surface area contributed by atoms with E-state index in [2.05, 4.69) is 0 Å². The predicted octanol–water partition coefficient (Wildman–Crippen LogP) is 2.14. The Bertz CT molecular complexity index is 475. The zero-order chi connectivity index (χ0) is 9.97. The largest absolute Gasteiger partial charge is 0.392 e. The van der Waals surface area contributed by atoms with Crippen molar-refractivity contribution in [2.24, 2.45) is 0 Å². The summed E-state index contributed by atoms with van der Waals surface area (Å²) in [7, 11) is 0. The van der Waals surface area contributed by atoms with E-state index < -0.39 is 0 Å². The van der Waals surface area contributed by atoms with Crippen molar-refractivity contribution >= 4 is 17.1 Å². The molecule has 0 atom stereocenters. The highest BCUT2D eigenvalue weighted by atomic mass is 16.3. The molecule has 0 radical (unpaired) electrons. The average molecular weight is 186 g/mol. The molecule has 14 heavy (non-hydrogen) atoms. The Balaban J connectivity index is 2.75. The lowest BCUT2D eigenvalue weighted by atomic mass is 10.0. The Morgan fingerprint density at radius 2 is 1.79 bits per heavy atom. The van der Waals surface area contributed by atoms with Crippen LogP contribution in [0.25, 0.3) is 10.8 Å². The van der Waals surface area contributed by atoms with Crippen molar-refractivity contribution in [3.05, 3.63) is 47.5 Å². The molecule has 0 bridgehead atoms. The number of fused-ring (bicyclic) bond motifs is 1. The Morgan fingerprint density at radius 3 is 2.36 bits per heavy atom. The second-order valence-electron chi connectivity index (χ2n) is 3.17. The summed E-state index contributed by atoms with van der Waals surface area (Å²) >= 11 is 0. The van der Waals surface area contributed by atoms with Crippen LogP contribution in [0.15, 0.2) is 36.4 Å². The van der Waals surface area contributed by atoms with Crippen LogP contribution >= 0.6 is 0 Å². The number of benzene rings is 2. The van der Waals surface area contributed by atoms with E-state index >= 15 is 0 Å². The van der Waals surface area contributed by atoms with Gasteiger partial charge in [0.1, 0.15) is 6.29 Å². The second kappa shape index (κ2) is 3.60. The van der Waals surface area contributed by atoms with Gasteiger partial charge in [0.25, 0.3) is 0 Å². The lowest BCUT2D eigenvalue weighted by Gasteiger charge is -2.03. The quantitative estimate of drug-likeness (QED) is 0.729. The molecule has 2 aromatic carbocycles. The van der Waals surface area contributed by atoms with E-state index in [0.29, 0.717) is 11.1 Å². The van der Waals surface area contributed by atoms with Crippen molar-refractivity contribution in [1.82, 2.24) is 0 Å². The van der Waals surface area contributed by atoms with Crippen molar-refractivity contribution < 1.29 is 9.90 Å². The Hall–Kier alpha value is -1.67. The van der Waals surface area contributed by atoms with Gasteiger partial charge in [-0.05, 0) is 28.5 Å². The smallest absolute Gasteiger partial charge is 0.150 e. The van der Waals surface area contributed by atoms with Crippen LogP contribution in [0.1, 0.15) is 15.9 Å². The van der Waals surface area contributed by atoms with Gasteiger partial charge in [0.15, 0.2) is 0 Å². The third-order valence-electron chi connectivity index (χ3n) is 2.30. The van der Waals surface area contributed by atoms with Crippen LogP contribution in [0.5, 0.6) is 0 Å². The third-order valence-corrected chi connectivity index (χ3v) is 2.30. The minimum Gasteiger partial charge on any atom is -0.392 e. The summed E-state index contributed by atoms with van der Waals surface area (Å²) in [6, 6.07) is 11.4. The van der Waals surface area contributed by atoms with Gasteiger partial charge in [-0.15, -0.1) is 0 Å². The standard InChI is InChI=1S/C12H10O2/c13-7-11-5-9-3-1-2-4-10(9)6-12(11)8-14/h1-7,14H,8H2. The summed E-state index contributed by atoms with van der Waals surface area (Å²) in [5, 5.41) is 11.1. The first kappa shape index (κ1) is 8.91. The molecule has 0 aliphatic rings. The van der Waals surface area contributed by atoms with Gasteiger partial charge in [-0.3, -0.25) is 4.79 Å². The van der Waals surface area contributed by atoms with Crippen LogP contribution in [0.4, 0.5) is 0 Å². The fourth-order valence-electron chi connectivity index (χ4n) is 1.55. The monoisotopic (exact) mass is 186 g/mol. The molecule has 2 rings (SSSR count). The number of rotatable bonds is 2. The first-order chi connectivity index (χ1) is 6.85. The molecule has 0 heterocycles. The van der Waals surface area contributed by atoms with Gasteiger partial charge in [0, 0.05) is 5.56 Å². The molecule has 0 saturated carbocycles. The van der Waals surface area contributed by atoms with Crippen LogP contribution in [0, 0.1) is 0 Å². The molecule has 0 amide bonds. The molecular formula is C12H10O2. The van der Waals surface area contributed by atoms with Crippen LogP contribution in [-0.2, 0) is 6.61 Å². The van der Waals surface area contributed by atoms with Crippen LogP contribution in [-0.4, -0.2) is 11.4 Å². The fourth-order valence-corrected chi connectivity index (χ4v) is 1.55. The number of carbonyl (C=O) groups is 1. The molecule has 0 unspecified atom stereocenters. The summed E-state index contributed by atoms with van der Waals surface area (Å²) in [6.07, 6.45) is 0.776. The summed E-state index contributed by atoms with van der Waals surface area (Å²) in [5.41, 5.74) is 1.24. The molecule has 2 nitrogen and oxygen atoms in total. The van der Waals surface area contributed by atoms with Crippen LogP contribution < -0.4 is 0 Å². The zero-order valence-electron chi connectivity index (χ0n) is 7.60. The van der Waals surface area contributed by atoms with Crippen molar-refractivity contribution in [3.63, 3.8) is 0 Å². The molecule has 1 N–H and O–H groups in total. The highest BCUT2D eigenvalue weighted by molar-refractivity contribution is 5.90. The van der Waals surface area contributed by atoms with Gasteiger partial charge in [-0.1, -0.05) is 24.3 Å². The van der Waals surface area contributed by atoms with E-state index in [1.54, 1.807) is 6.07 Å². The highest BCUT2D eigenvalue weighted by Crippen LogP contribution is 2.18. The average Bonchev–Trinajstić information content (AvgIpc) is 2.27. The number of aldehydes is 1. The topological polar surface area (TPSA) is 37.3 Å². The summed E-state index contributed by atoms with van der Waals surface area (Å²) in [4.78, 5) is 10.7. The molecule has 70 valence electrons. The summed E-state index contributed by atoms with van der Waals surface area (Å²) in [6.45, 7) is -0.0983. The van der Waals surface area contributed by atoms with E-state index in [1.165, 1.54) is 0 Å².